The van der Waals surface area contributed by atoms with Crippen molar-refractivity contribution in [1.29, 1.82) is 0 Å². The van der Waals surface area contributed by atoms with Gasteiger partial charge in [-0.1, -0.05) is 60.7 Å². The zero-order chi connectivity index (χ0) is 20.7. The smallest absolute Gasteiger partial charge is 0.260 e. The molecule has 0 aliphatic rings. The molecule has 2 heterocycles. The Morgan fingerprint density at radius 1 is 0.767 bits per heavy atom. The molecule has 0 unspecified atom stereocenters. The molecule has 0 saturated heterocycles. The van der Waals surface area contributed by atoms with Gasteiger partial charge in [0.2, 0.25) is 0 Å². The first-order valence-corrected chi connectivity index (χ1v) is 10.1. The number of aromatic amines is 1. The summed E-state index contributed by atoms with van der Waals surface area (Å²) in [6.07, 6.45) is 0. The maximum atomic E-state index is 14.1. The van der Waals surface area contributed by atoms with Crippen molar-refractivity contribution in [3.05, 3.63) is 100 Å². The predicted molar refractivity (Wildman–Crippen MR) is 116 cm³/mol. The van der Waals surface area contributed by atoms with E-state index in [-0.39, 0.29) is 11.4 Å². The van der Waals surface area contributed by atoms with E-state index in [0.717, 1.165) is 34.4 Å². The van der Waals surface area contributed by atoms with E-state index in [4.69, 9.17) is 0 Å². The van der Waals surface area contributed by atoms with E-state index in [9.17, 15) is 13.6 Å². The summed E-state index contributed by atoms with van der Waals surface area (Å²) in [5, 5.41) is 2.25. The second-order valence-electron chi connectivity index (χ2n) is 6.78. The number of hydrogen-bond acceptors (Lipinski definition) is 3. The van der Waals surface area contributed by atoms with Crippen LogP contribution in [-0.4, -0.2) is 9.97 Å². The van der Waals surface area contributed by atoms with Gasteiger partial charge < -0.3 is 4.98 Å². The van der Waals surface area contributed by atoms with Gasteiger partial charge in [-0.2, -0.15) is 0 Å². The molecule has 6 heteroatoms. The first kappa shape index (κ1) is 18.4. The van der Waals surface area contributed by atoms with Gasteiger partial charge in [0.25, 0.3) is 5.56 Å². The van der Waals surface area contributed by atoms with Crippen molar-refractivity contribution in [2.75, 3.05) is 0 Å². The zero-order valence-electron chi connectivity index (χ0n) is 15.5. The number of aromatic nitrogens is 2. The number of nitrogens with zero attached hydrogens (tertiary/aromatic N) is 1. The lowest BCUT2D eigenvalue weighted by Crippen LogP contribution is -2.10. The summed E-state index contributed by atoms with van der Waals surface area (Å²) in [4.78, 5) is 20.1. The first-order chi connectivity index (χ1) is 14.6. The molecule has 0 atom stereocenters. The lowest BCUT2D eigenvalue weighted by atomic mass is 10.0. The summed E-state index contributed by atoms with van der Waals surface area (Å²) in [6, 6.07) is 21.4. The Labute approximate surface area is 174 Å². The molecule has 146 valence electrons. The summed E-state index contributed by atoms with van der Waals surface area (Å²) in [6.45, 7) is 0. The van der Waals surface area contributed by atoms with Crippen molar-refractivity contribution in [3.63, 3.8) is 0 Å². The Kier molecular flexibility index (Phi) is 4.48. The van der Waals surface area contributed by atoms with E-state index < -0.39 is 17.2 Å². The molecular formula is C24H14F2N2OS. The monoisotopic (exact) mass is 416 g/mol. The highest BCUT2D eigenvalue weighted by molar-refractivity contribution is 7.17. The van der Waals surface area contributed by atoms with Crippen molar-refractivity contribution in [3.8, 4) is 33.6 Å². The van der Waals surface area contributed by atoms with E-state index in [0.29, 0.717) is 10.2 Å². The summed E-state index contributed by atoms with van der Waals surface area (Å²) in [5.41, 5.74) is 3.03. The van der Waals surface area contributed by atoms with Crippen LogP contribution in [0.25, 0.3) is 43.9 Å². The van der Waals surface area contributed by atoms with Crippen LogP contribution in [0.15, 0.2) is 83.0 Å². The lowest BCUT2D eigenvalue weighted by molar-refractivity contribution is 0.587. The van der Waals surface area contributed by atoms with Gasteiger partial charge in [-0.25, -0.2) is 13.8 Å². The topological polar surface area (TPSA) is 45.8 Å². The second kappa shape index (κ2) is 7.31. The minimum Gasteiger partial charge on any atom is -0.306 e. The highest BCUT2D eigenvalue weighted by Crippen LogP contribution is 2.33. The van der Waals surface area contributed by atoms with E-state index in [1.54, 1.807) is 0 Å². The normalized spacial score (nSPS) is 11.1. The molecule has 5 aromatic rings. The van der Waals surface area contributed by atoms with E-state index in [1.807, 2.05) is 60.0 Å². The molecule has 1 N–H and O–H groups in total. The summed E-state index contributed by atoms with van der Waals surface area (Å²) >= 11 is 1.27. The van der Waals surface area contributed by atoms with Crippen LogP contribution in [0, 0.1) is 11.6 Å². The molecule has 0 aliphatic carbocycles. The number of nitrogens with one attached hydrogen (secondary N) is 1. The Morgan fingerprint density at radius 2 is 1.40 bits per heavy atom. The number of fused-ring (bicyclic) bond motifs is 1. The first-order valence-electron chi connectivity index (χ1n) is 9.23. The fraction of sp³-hybridized carbons (Fsp3) is 0. The average molecular weight is 416 g/mol. The van der Waals surface area contributed by atoms with E-state index in [1.165, 1.54) is 17.4 Å². The predicted octanol–water partition coefficient (Wildman–Crippen LogP) is 6.26. The minimum absolute atomic E-state index is 0.115. The number of hydrogen-bond donors (Lipinski definition) is 1. The molecule has 2 aromatic heterocycles. The Bertz CT molecular complexity index is 1400. The van der Waals surface area contributed by atoms with Crippen molar-refractivity contribution >= 4 is 21.6 Å². The standard InChI is InChI=1S/C24H14F2N2OS/c25-18-7-4-8-19(26)21(18)22-27-23(29)20-17(13-30-24(20)28-22)16-11-9-15(10-12-16)14-5-2-1-3-6-14/h1-13H,(H,27,28,29). The van der Waals surface area contributed by atoms with Crippen molar-refractivity contribution in [2.45, 2.75) is 0 Å². The minimum atomic E-state index is -0.772. The maximum Gasteiger partial charge on any atom is 0.260 e. The number of rotatable bonds is 3. The molecule has 0 amide bonds. The third-order valence-corrected chi connectivity index (χ3v) is 5.82. The van der Waals surface area contributed by atoms with Crippen LogP contribution in [-0.2, 0) is 0 Å². The maximum absolute atomic E-state index is 14.1. The van der Waals surface area contributed by atoms with E-state index >= 15 is 0 Å². The molecule has 3 aromatic carbocycles. The van der Waals surface area contributed by atoms with Gasteiger partial charge in [0.1, 0.15) is 22.3 Å². The molecule has 0 bridgehead atoms. The number of thiophene rings is 1. The fourth-order valence-electron chi connectivity index (χ4n) is 3.48. The Morgan fingerprint density at radius 3 is 2.10 bits per heavy atom. The quantitative estimate of drug-likeness (QED) is 0.377. The largest absolute Gasteiger partial charge is 0.306 e. The number of benzene rings is 3. The van der Waals surface area contributed by atoms with Crippen molar-refractivity contribution in [2.24, 2.45) is 0 Å². The fourth-order valence-corrected chi connectivity index (χ4v) is 4.42. The third-order valence-electron chi connectivity index (χ3n) is 4.95. The number of halogens is 2. The van der Waals surface area contributed by atoms with Gasteiger partial charge >= 0.3 is 0 Å². The molecule has 0 spiro atoms. The molecule has 0 saturated carbocycles. The molecule has 5 rings (SSSR count). The van der Waals surface area contributed by atoms with Crippen LogP contribution in [0.5, 0.6) is 0 Å². The van der Waals surface area contributed by atoms with Crippen LogP contribution in [0.4, 0.5) is 8.78 Å². The van der Waals surface area contributed by atoms with Gasteiger partial charge in [-0.15, -0.1) is 11.3 Å². The lowest BCUT2D eigenvalue weighted by Gasteiger charge is -2.06. The van der Waals surface area contributed by atoms with Crippen LogP contribution in [0.2, 0.25) is 0 Å². The summed E-state index contributed by atoms with van der Waals surface area (Å²) in [7, 11) is 0. The number of H-pyrrole nitrogens is 1. The zero-order valence-corrected chi connectivity index (χ0v) is 16.3. The molecule has 3 nitrogen and oxygen atoms in total. The molecule has 0 aliphatic heterocycles. The van der Waals surface area contributed by atoms with Gasteiger partial charge in [0, 0.05) is 10.9 Å². The molecule has 30 heavy (non-hydrogen) atoms. The van der Waals surface area contributed by atoms with E-state index in [2.05, 4.69) is 9.97 Å². The third kappa shape index (κ3) is 3.11. The Hall–Kier alpha value is -3.64. The Balaban J connectivity index is 1.60. The van der Waals surface area contributed by atoms with Gasteiger partial charge in [0.05, 0.1) is 10.9 Å². The summed E-state index contributed by atoms with van der Waals surface area (Å²) < 4.78 is 28.2. The molecular weight excluding hydrogens is 402 g/mol. The van der Waals surface area contributed by atoms with Gasteiger partial charge in [0.15, 0.2) is 0 Å². The van der Waals surface area contributed by atoms with Crippen LogP contribution in [0.3, 0.4) is 0 Å². The summed E-state index contributed by atoms with van der Waals surface area (Å²) in [5.74, 6) is -1.66. The van der Waals surface area contributed by atoms with Gasteiger partial charge in [-0.05, 0) is 28.8 Å². The van der Waals surface area contributed by atoms with Gasteiger partial charge in [-0.3, -0.25) is 4.79 Å². The molecule has 0 fully saturated rings. The SMILES string of the molecule is O=c1[nH]c(-c2c(F)cccc2F)nc2scc(-c3ccc(-c4ccccc4)cc3)c12. The highest BCUT2D eigenvalue weighted by atomic mass is 32.1. The highest BCUT2D eigenvalue weighted by Gasteiger charge is 2.18. The van der Waals surface area contributed by atoms with Crippen molar-refractivity contribution in [1.82, 2.24) is 9.97 Å². The second-order valence-corrected chi connectivity index (χ2v) is 7.64. The van der Waals surface area contributed by atoms with Crippen molar-refractivity contribution < 1.29 is 8.78 Å². The average Bonchev–Trinajstić information content (AvgIpc) is 3.19. The van der Waals surface area contributed by atoms with Crippen LogP contribution >= 0.6 is 11.3 Å². The van der Waals surface area contributed by atoms with Crippen LogP contribution < -0.4 is 5.56 Å². The molecule has 0 radical (unpaired) electrons. The van der Waals surface area contributed by atoms with Crippen LogP contribution in [0.1, 0.15) is 0 Å².